The second kappa shape index (κ2) is 5.76. The summed E-state index contributed by atoms with van der Waals surface area (Å²) in [6, 6.07) is 5.13. The van der Waals surface area contributed by atoms with Crippen LogP contribution in [0.15, 0.2) is 27.6 Å². The molecule has 23 heavy (non-hydrogen) atoms. The second-order valence-electron chi connectivity index (χ2n) is 6.26. The summed E-state index contributed by atoms with van der Waals surface area (Å²) >= 11 is 0. The fraction of sp³-hybridized carbons (Fsp3) is 0.471. The highest BCUT2D eigenvalue weighted by Gasteiger charge is 2.38. The van der Waals surface area contributed by atoms with Gasteiger partial charge in [0.1, 0.15) is 5.76 Å². The molecule has 6 heteroatoms. The Morgan fingerprint density at radius 1 is 1.17 bits per heavy atom. The predicted molar refractivity (Wildman–Crippen MR) is 87.8 cm³/mol. The number of hydrogen-bond acceptors (Lipinski definition) is 4. The van der Waals surface area contributed by atoms with E-state index >= 15 is 0 Å². The Kier molecular flexibility index (Phi) is 4.06. The van der Waals surface area contributed by atoms with E-state index in [-0.39, 0.29) is 6.04 Å². The summed E-state index contributed by atoms with van der Waals surface area (Å²) < 4.78 is 33.0. The van der Waals surface area contributed by atoms with Crippen LogP contribution in [0.2, 0.25) is 0 Å². The number of aromatic nitrogens is 1. The van der Waals surface area contributed by atoms with E-state index in [0.717, 1.165) is 35.2 Å². The highest BCUT2D eigenvalue weighted by Crippen LogP contribution is 2.39. The minimum Gasteiger partial charge on any atom is -0.361 e. The normalized spacial score (nSPS) is 19.4. The van der Waals surface area contributed by atoms with Crippen molar-refractivity contribution in [3.63, 3.8) is 0 Å². The van der Waals surface area contributed by atoms with Gasteiger partial charge in [0.25, 0.3) is 0 Å². The molecule has 0 aliphatic carbocycles. The van der Waals surface area contributed by atoms with Gasteiger partial charge in [0.05, 0.1) is 16.6 Å². The van der Waals surface area contributed by atoms with E-state index in [2.05, 4.69) is 5.16 Å². The Bertz CT molecular complexity index is 820. The average molecular weight is 334 g/mol. The highest BCUT2D eigenvalue weighted by atomic mass is 32.2. The van der Waals surface area contributed by atoms with E-state index in [1.807, 2.05) is 33.8 Å². The smallest absolute Gasteiger partial charge is 0.243 e. The van der Waals surface area contributed by atoms with Crippen molar-refractivity contribution in [2.75, 3.05) is 6.54 Å². The van der Waals surface area contributed by atoms with Crippen molar-refractivity contribution >= 4 is 10.0 Å². The van der Waals surface area contributed by atoms with Crippen LogP contribution in [0.1, 0.15) is 47.0 Å². The van der Waals surface area contributed by atoms with Gasteiger partial charge in [-0.3, -0.25) is 0 Å². The van der Waals surface area contributed by atoms with Crippen LogP contribution in [-0.2, 0) is 10.0 Å². The van der Waals surface area contributed by atoms with Gasteiger partial charge in [-0.05, 0) is 63.8 Å². The summed E-state index contributed by atoms with van der Waals surface area (Å²) in [7, 11) is -3.52. The third kappa shape index (κ3) is 2.70. The lowest BCUT2D eigenvalue weighted by molar-refractivity contribution is 0.376. The average Bonchev–Trinajstić information content (AvgIpc) is 3.09. The lowest BCUT2D eigenvalue weighted by Gasteiger charge is -2.24. The van der Waals surface area contributed by atoms with Crippen LogP contribution in [0.25, 0.3) is 0 Å². The zero-order chi connectivity index (χ0) is 16.8. The Labute approximate surface area is 137 Å². The molecule has 1 saturated heterocycles. The number of nitrogens with zero attached hydrogens (tertiary/aromatic N) is 2. The molecular formula is C17H22N2O3S. The van der Waals surface area contributed by atoms with Gasteiger partial charge in [-0.15, -0.1) is 0 Å². The zero-order valence-electron chi connectivity index (χ0n) is 14.0. The zero-order valence-corrected chi connectivity index (χ0v) is 14.8. The monoisotopic (exact) mass is 334 g/mol. The first kappa shape index (κ1) is 16.2. The lowest BCUT2D eigenvalue weighted by atomic mass is 10.0. The number of sulfonamides is 1. The van der Waals surface area contributed by atoms with E-state index in [1.165, 1.54) is 0 Å². The van der Waals surface area contributed by atoms with Crippen molar-refractivity contribution in [1.82, 2.24) is 9.46 Å². The van der Waals surface area contributed by atoms with Crippen molar-refractivity contribution in [2.24, 2.45) is 0 Å². The fourth-order valence-corrected chi connectivity index (χ4v) is 5.04. The third-order valence-electron chi connectivity index (χ3n) is 4.71. The van der Waals surface area contributed by atoms with Crippen LogP contribution in [0.5, 0.6) is 0 Å². The molecule has 5 nitrogen and oxygen atoms in total. The first-order chi connectivity index (χ1) is 10.8. The van der Waals surface area contributed by atoms with Crippen LogP contribution in [0.3, 0.4) is 0 Å². The molecule has 2 heterocycles. The van der Waals surface area contributed by atoms with E-state index < -0.39 is 10.0 Å². The van der Waals surface area contributed by atoms with E-state index in [9.17, 15) is 8.42 Å². The van der Waals surface area contributed by atoms with Gasteiger partial charge in [-0.2, -0.15) is 4.31 Å². The molecule has 124 valence electrons. The van der Waals surface area contributed by atoms with Crippen molar-refractivity contribution in [1.29, 1.82) is 0 Å². The molecule has 0 saturated carbocycles. The van der Waals surface area contributed by atoms with Crippen molar-refractivity contribution in [3.05, 3.63) is 46.3 Å². The van der Waals surface area contributed by atoms with Gasteiger partial charge in [0.2, 0.25) is 10.0 Å². The molecule has 0 unspecified atom stereocenters. The molecule has 1 aliphatic rings. The molecule has 0 amide bonds. The number of hydrogen-bond donors (Lipinski definition) is 0. The number of aryl methyl sites for hydroxylation is 4. The topological polar surface area (TPSA) is 63.4 Å². The Morgan fingerprint density at radius 2 is 1.91 bits per heavy atom. The SMILES string of the molecule is Cc1ccc(S(=O)(=O)N2CCC[C@@H]2c2c(C)noc2C)cc1C. The molecule has 2 aromatic rings. The lowest BCUT2D eigenvalue weighted by Crippen LogP contribution is -2.31. The van der Waals surface area contributed by atoms with Gasteiger partial charge < -0.3 is 4.52 Å². The summed E-state index contributed by atoms with van der Waals surface area (Å²) in [5.74, 6) is 0.703. The Balaban J connectivity index is 2.03. The summed E-state index contributed by atoms with van der Waals surface area (Å²) in [4.78, 5) is 0.360. The van der Waals surface area contributed by atoms with Crippen molar-refractivity contribution in [2.45, 2.75) is 51.5 Å². The van der Waals surface area contributed by atoms with E-state index in [4.69, 9.17) is 4.52 Å². The fourth-order valence-electron chi connectivity index (χ4n) is 3.29. The number of rotatable bonds is 3. The first-order valence-electron chi connectivity index (χ1n) is 7.84. The molecular weight excluding hydrogens is 312 g/mol. The standard InChI is InChI=1S/C17H22N2O3S/c1-11-7-8-15(10-12(11)2)23(20,21)19-9-5-6-16(19)17-13(3)18-22-14(17)4/h7-8,10,16H,5-6,9H2,1-4H3/t16-/m1/s1. The largest absolute Gasteiger partial charge is 0.361 e. The van der Waals surface area contributed by atoms with Crippen LogP contribution in [0, 0.1) is 27.7 Å². The molecule has 1 aromatic carbocycles. The molecule has 1 aliphatic heterocycles. The Hall–Kier alpha value is -1.66. The van der Waals surface area contributed by atoms with Crippen LogP contribution in [-0.4, -0.2) is 24.4 Å². The van der Waals surface area contributed by atoms with Gasteiger partial charge >= 0.3 is 0 Å². The molecule has 3 rings (SSSR count). The summed E-state index contributed by atoms with van der Waals surface area (Å²) in [5, 5.41) is 3.98. The van der Waals surface area contributed by atoms with Crippen molar-refractivity contribution < 1.29 is 12.9 Å². The molecule has 1 aromatic heterocycles. The molecule has 0 bridgehead atoms. The molecule has 1 fully saturated rings. The minimum atomic E-state index is -3.52. The molecule has 0 radical (unpaired) electrons. The maximum Gasteiger partial charge on any atom is 0.243 e. The van der Waals surface area contributed by atoms with Crippen LogP contribution in [0.4, 0.5) is 0 Å². The van der Waals surface area contributed by atoms with Crippen LogP contribution >= 0.6 is 0 Å². The quantitative estimate of drug-likeness (QED) is 0.862. The van der Waals surface area contributed by atoms with Gasteiger partial charge in [-0.1, -0.05) is 11.2 Å². The van der Waals surface area contributed by atoms with Crippen molar-refractivity contribution in [3.8, 4) is 0 Å². The van der Waals surface area contributed by atoms with E-state index in [0.29, 0.717) is 17.2 Å². The third-order valence-corrected chi connectivity index (χ3v) is 6.61. The van der Waals surface area contributed by atoms with Gasteiger partial charge in [0.15, 0.2) is 0 Å². The van der Waals surface area contributed by atoms with Gasteiger partial charge in [-0.25, -0.2) is 8.42 Å². The molecule has 0 spiro atoms. The molecule has 0 N–H and O–H groups in total. The highest BCUT2D eigenvalue weighted by molar-refractivity contribution is 7.89. The second-order valence-corrected chi connectivity index (χ2v) is 8.15. The number of benzene rings is 1. The maximum atomic E-state index is 13.1. The predicted octanol–water partition coefficient (Wildman–Crippen LogP) is 3.43. The summed E-state index contributed by atoms with van der Waals surface area (Å²) in [5.41, 5.74) is 3.76. The maximum absolute atomic E-state index is 13.1. The van der Waals surface area contributed by atoms with E-state index in [1.54, 1.807) is 16.4 Å². The minimum absolute atomic E-state index is 0.187. The Morgan fingerprint density at radius 3 is 2.52 bits per heavy atom. The summed E-state index contributed by atoms with van der Waals surface area (Å²) in [6.45, 7) is 8.15. The van der Waals surface area contributed by atoms with Crippen LogP contribution < -0.4 is 0 Å². The van der Waals surface area contributed by atoms with Gasteiger partial charge in [0, 0.05) is 12.1 Å². The summed E-state index contributed by atoms with van der Waals surface area (Å²) in [6.07, 6.45) is 1.64. The first-order valence-corrected chi connectivity index (χ1v) is 9.28. The molecule has 1 atom stereocenters.